The van der Waals surface area contributed by atoms with Gasteiger partial charge in [0.05, 0.1) is 7.11 Å². The van der Waals surface area contributed by atoms with E-state index in [-0.39, 0.29) is 5.57 Å². The van der Waals surface area contributed by atoms with E-state index in [1.54, 1.807) is 20.8 Å². The highest BCUT2D eigenvalue weighted by Crippen LogP contribution is 2.39. The van der Waals surface area contributed by atoms with Crippen LogP contribution in [0.1, 0.15) is 20.8 Å². The van der Waals surface area contributed by atoms with Crippen LogP contribution in [0.5, 0.6) is 0 Å². The highest BCUT2D eigenvalue weighted by Gasteiger charge is 2.64. The smallest absolute Gasteiger partial charge is 0.378 e. The van der Waals surface area contributed by atoms with Crippen LogP contribution >= 0.6 is 0 Å². The van der Waals surface area contributed by atoms with Crippen molar-refractivity contribution in [2.24, 2.45) is 0 Å². The van der Waals surface area contributed by atoms with Crippen molar-refractivity contribution in [2.45, 2.75) is 32.2 Å². The predicted molar refractivity (Wildman–Crippen MR) is 51.9 cm³/mol. The summed E-state index contributed by atoms with van der Waals surface area (Å²) in [4.78, 5) is 31.9. The fourth-order valence-corrected chi connectivity index (χ4v) is 0.936. The van der Waals surface area contributed by atoms with Crippen LogP contribution in [0.4, 0.5) is 0 Å². The molecule has 0 radical (unpaired) electrons. The van der Waals surface area contributed by atoms with Gasteiger partial charge in [0.25, 0.3) is 0 Å². The fraction of sp³-hybridized carbons (Fsp3) is 0.600. The Hall–Kier alpha value is -1.40. The molecule has 0 saturated carbocycles. The minimum atomic E-state index is -1.83. The second-order valence-electron chi connectivity index (χ2n) is 4.26. The van der Waals surface area contributed by atoms with Gasteiger partial charge in [-0.3, -0.25) is 0 Å². The Morgan fingerprint density at radius 3 is 2.06 bits per heavy atom. The van der Waals surface area contributed by atoms with Crippen LogP contribution in [0.15, 0.2) is 12.2 Å². The summed E-state index contributed by atoms with van der Waals surface area (Å²) >= 11 is 0. The molecule has 1 aliphatic heterocycles. The molecule has 1 fully saturated rings. The third kappa shape index (κ3) is 2.40. The molecule has 0 aromatic carbocycles. The highest BCUT2D eigenvalue weighted by molar-refractivity contribution is 5.99. The number of hydrogen-bond acceptors (Lipinski definition) is 6. The Bertz CT molecular complexity index is 334. The maximum absolute atomic E-state index is 11.7. The quantitative estimate of drug-likeness (QED) is 0.307. The van der Waals surface area contributed by atoms with E-state index in [9.17, 15) is 9.59 Å². The molecule has 0 aromatic heterocycles. The Morgan fingerprint density at radius 2 is 1.75 bits per heavy atom. The van der Waals surface area contributed by atoms with Gasteiger partial charge in [0.15, 0.2) is 0 Å². The molecule has 1 heterocycles. The second kappa shape index (κ2) is 3.88. The fourth-order valence-electron chi connectivity index (χ4n) is 0.936. The second-order valence-corrected chi connectivity index (χ2v) is 4.26. The lowest BCUT2D eigenvalue weighted by molar-refractivity contribution is -0.162. The van der Waals surface area contributed by atoms with Crippen molar-refractivity contribution in [3.63, 3.8) is 0 Å². The van der Waals surface area contributed by atoms with E-state index in [0.29, 0.717) is 0 Å². The Morgan fingerprint density at radius 1 is 1.25 bits per heavy atom. The third-order valence-electron chi connectivity index (χ3n) is 1.75. The molecule has 6 heteroatoms. The molecule has 16 heavy (non-hydrogen) atoms. The van der Waals surface area contributed by atoms with Gasteiger partial charge in [-0.25, -0.2) is 9.59 Å². The van der Waals surface area contributed by atoms with Gasteiger partial charge in [0, 0.05) is 0 Å². The van der Waals surface area contributed by atoms with Gasteiger partial charge in [0.2, 0.25) is 0 Å². The molecule has 0 aliphatic carbocycles. The topological polar surface area (TPSA) is 77.7 Å². The van der Waals surface area contributed by atoms with Gasteiger partial charge in [-0.05, 0) is 20.8 Å². The van der Waals surface area contributed by atoms with Gasteiger partial charge in [-0.2, -0.15) is 9.78 Å². The first kappa shape index (κ1) is 12.7. The summed E-state index contributed by atoms with van der Waals surface area (Å²) in [5.74, 6) is -3.45. The van der Waals surface area contributed by atoms with Crippen LogP contribution in [-0.4, -0.2) is 30.4 Å². The largest absolute Gasteiger partial charge is 0.466 e. The molecule has 1 rings (SSSR count). The van der Waals surface area contributed by atoms with E-state index < -0.39 is 23.3 Å². The lowest BCUT2D eigenvalue weighted by Gasteiger charge is -2.20. The first-order chi connectivity index (χ1) is 7.23. The zero-order valence-electron chi connectivity index (χ0n) is 9.66. The molecule has 0 atom stereocenters. The molecular weight excluding hydrogens is 216 g/mol. The van der Waals surface area contributed by atoms with E-state index in [2.05, 4.69) is 21.1 Å². The Balaban J connectivity index is 2.76. The standard InChI is InChI=1S/C10H14O6/c1-6(7(11)13-5)10(15-16-10)8(12)14-9(2,3)4/h1H2,2-5H3. The van der Waals surface area contributed by atoms with E-state index in [1.165, 1.54) is 7.11 Å². The van der Waals surface area contributed by atoms with Gasteiger partial charge in [-0.1, -0.05) is 6.58 Å². The third-order valence-corrected chi connectivity index (χ3v) is 1.75. The maximum Gasteiger partial charge on any atom is 0.378 e. The van der Waals surface area contributed by atoms with Crippen LogP contribution in [-0.2, 0) is 28.8 Å². The van der Waals surface area contributed by atoms with Crippen LogP contribution in [0.2, 0.25) is 0 Å². The Labute approximate surface area is 93.0 Å². The summed E-state index contributed by atoms with van der Waals surface area (Å²) in [6.45, 7) is 8.43. The molecule has 0 bridgehead atoms. The summed E-state index contributed by atoms with van der Waals surface area (Å²) in [6, 6.07) is 0. The SMILES string of the molecule is C=C(C(=O)OC)C1(C(=O)OC(C)(C)C)OO1. The van der Waals surface area contributed by atoms with Gasteiger partial charge in [-0.15, -0.1) is 0 Å². The number of hydrogen-bond donors (Lipinski definition) is 0. The number of carbonyl (C=O) groups excluding carboxylic acids is 2. The highest BCUT2D eigenvalue weighted by atomic mass is 17.4. The number of methoxy groups -OCH3 is 1. The van der Waals surface area contributed by atoms with Crippen molar-refractivity contribution in [3.8, 4) is 0 Å². The van der Waals surface area contributed by atoms with Crippen molar-refractivity contribution < 1.29 is 28.8 Å². The van der Waals surface area contributed by atoms with Crippen LogP contribution < -0.4 is 0 Å². The average Bonchev–Trinajstić information content (AvgIpc) is 2.93. The number of rotatable bonds is 3. The van der Waals surface area contributed by atoms with Gasteiger partial charge < -0.3 is 9.47 Å². The van der Waals surface area contributed by atoms with Gasteiger partial charge in [0.1, 0.15) is 11.2 Å². The van der Waals surface area contributed by atoms with Crippen molar-refractivity contribution >= 4 is 11.9 Å². The van der Waals surface area contributed by atoms with E-state index in [1.807, 2.05) is 0 Å². The average molecular weight is 230 g/mol. The lowest BCUT2D eigenvalue weighted by Crippen LogP contribution is -2.37. The van der Waals surface area contributed by atoms with E-state index >= 15 is 0 Å². The van der Waals surface area contributed by atoms with Crippen LogP contribution in [0, 0.1) is 0 Å². The van der Waals surface area contributed by atoms with Crippen molar-refractivity contribution in [3.05, 3.63) is 12.2 Å². The van der Waals surface area contributed by atoms with Crippen LogP contribution in [0.3, 0.4) is 0 Å². The normalized spacial score (nSPS) is 17.5. The monoisotopic (exact) mass is 230 g/mol. The molecular formula is C10H14O6. The summed E-state index contributed by atoms with van der Waals surface area (Å²) in [5, 5.41) is 0. The zero-order chi connectivity index (χ0) is 12.6. The van der Waals surface area contributed by atoms with E-state index in [0.717, 1.165) is 0 Å². The molecule has 6 nitrogen and oxygen atoms in total. The van der Waals surface area contributed by atoms with Crippen LogP contribution in [0.25, 0.3) is 0 Å². The minimum absolute atomic E-state index is 0.246. The summed E-state index contributed by atoms with van der Waals surface area (Å²) < 4.78 is 9.44. The van der Waals surface area contributed by atoms with Crippen molar-refractivity contribution in [1.29, 1.82) is 0 Å². The van der Waals surface area contributed by atoms with Crippen molar-refractivity contribution in [1.82, 2.24) is 0 Å². The molecule has 0 unspecified atom stereocenters. The van der Waals surface area contributed by atoms with E-state index in [4.69, 9.17) is 4.74 Å². The lowest BCUT2D eigenvalue weighted by atomic mass is 10.1. The predicted octanol–water partition coefficient (Wildman–Crippen LogP) is 0.715. The number of carbonyl (C=O) groups is 2. The molecule has 0 spiro atoms. The summed E-state index contributed by atoms with van der Waals surface area (Å²) in [5.41, 5.74) is -0.959. The Kier molecular flexibility index (Phi) is 3.07. The number of ether oxygens (including phenoxy) is 2. The molecule has 0 N–H and O–H groups in total. The molecule has 90 valence electrons. The van der Waals surface area contributed by atoms with Crippen molar-refractivity contribution in [2.75, 3.05) is 7.11 Å². The summed E-state index contributed by atoms with van der Waals surface area (Å²) in [7, 11) is 1.17. The minimum Gasteiger partial charge on any atom is -0.466 e. The maximum atomic E-state index is 11.7. The molecule has 0 amide bonds. The number of esters is 2. The zero-order valence-corrected chi connectivity index (χ0v) is 9.66. The molecule has 1 saturated heterocycles. The summed E-state index contributed by atoms with van der Waals surface area (Å²) in [6.07, 6.45) is 0. The first-order valence-corrected chi connectivity index (χ1v) is 4.61. The first-order valence-electron chi connectivity index (χ1n) is 4.61. The molecule has 0 aromatic rings. The van der Waals surface area contributed by atoms with Gasteiger partial charge >= 0.3 is 17.7 Å². The molecule has 1 aliphatic rings.